The van der Waals surface area contributed by atoms with Crippen LogP contribution in [0.5, 0.6) is 0 Å². The Bertz CT molecular complexity index is 1060. The molecule has 3 N–H and O–H groups in total. The van der Waals surface area contributed by atoms with Gasteiger partial charge in [0.05, 0.1) is 23.2 Å². The fourth-order valence-electron chi connectivity index (χ4n) is 3.64. The highest BCUT2D eigenvalue weighted by Crippen LogP contribution is 2.25. The summed E-state index contributed by atoms with van der Waals surface area (Å²) < 4.78 is 1.73. The zero-order valence-corrected chi connectivity index (χ0v) is 21.2. The van der Waals surface area contributed by atoms with Crippen LogP contribution in [0.2, 0.25) is 5.02 Å². The van der Waals surface area contributed by atoms with Crippen LogP contribution in [0.25, 0.3) is 11.0 Å². The molecule has 1 aliphatic heterocycles. The lowest BCUT2D eigenvalue weighted by Crippen LogP contribution is -2.45. The lowest BCUT2D eigenvalue weighted by Gasteiger charge is -2.20. The average molecular weight is 571 g/mol. The second-order valence-electron chi connectivity index (χ2n) is 7.30. The summed E-state index contributed by atoms with van der Waals surface area (Å²) in [5.41, 5.74) is 0.801. The van der Waals surface area contributed by atoms with Crippen LogP contribution in [-0.2, 0) is 7.05 Å². The number of rotatable bonds is 7. The van der Waals surface area contributed by atoms with E-state index in [0.717, 1.165) is 54.7 Å². The minimum absolute atomic E-state index is 0. The fraction of sp³-hybridized carbons (Fsp3) is 0.450. The number of hydrogen-bond acceptors (Lipinski definition) is 7. The minimum Gasteiger partial charge on any atom is -0.367 e. The van der Waals surface area contributed by atoms with E-state index in [4.69, 9.17) is 16.6 Å². The van der Waals surface area contributed by atoms with E-state index in [1.807, 2.05) is 19.2 Å². The molecule has 0 saturated carbocycles. The third kappa shape index (κ3) is 5.68. The Morgan fingerprint density at radius 1 is 1.31 bits per heavy atom. The standard InChI is InChI=1S/C20H27ClN10.HI/c1-3-22-20(29-14-6-10-31(12-14)19-16(21)5-4-7-24-19)25-9-8-23-17-15-11-28-30(2)18(15)27-13-26-17;/h4-5,7,11,13-14H,3,6,8-10,12H2,1-2H3,(H2,22,25,29)(H,23,26,27);1H. The van der Waals surface area contributed by atoms with E-state index in [9.17, 15) is 0 Å². The molecule has 4 heterocycles. The van der Waals surface area contributed by atoms with E-state index in [1.54, 1.807) is 23.4 Å². The van der Waals surface area contributed by atoms with Crippen molar-refractivity contribution in [3.8, 4) is 0 Å². The van der Waals surface area contributed by atoms with Gasteiger partial charge in [-0.25, -0.2) is 15.0 Å². The summed E-state index contributed by atoms with van der Waals surface area (Å²) in [6.07, 6.45) is 6.08. The van der Waals surface area contributed by atoms with Crippen LogP contribution < -0.4 is 20.9 Å². The van der Waals surface area contributed by atoms with Gasteiger partial charge in [-0.2, -0.15) is 5.10 Å². The Hall–Kier alpha value is -2.41. The van der Waals surface area contributed by atoms with E-state index in [1.165, 1.54) is 0 Å². The molecular formula is C20H28ClIN10. The first-order valence-electron chi connectivity index (χ1n) is 10.4. The van der Waals surface area contributed by atoms with Crippen molar-refractivity contribution >= 4 is 64.2 Å². The molecule has 12 heteroatoms. The van der Waals surface area contributed by atoms with Crippen molar-refractivity contribution < 1.29 is 0 Å². The summed E-state index contributed by atoms with van der Waals surface area (Å²) in [6, 6.07) is 4.00. The summed E-state index contributed by atoms with van der Waals surface area (Å²) in [5.74, 6) is 2.41. The number of halogens is 2. The number of fused-ring (bicyclic) bond motifs is 1. The number of pyridine rings is 1. The zero-order chi connectivity index (χ0) is 21.6. The maximum Gasteiger partial charge on any atom is 0.191 e. The molecular weight excluding hydrogens is 543 g/mol. The highest BCUT2D eigenvalue weighted by atomic mass is 127. The Kier molecular flexibility index (Phi) is 8.67. The number of aryl methyl sites for hydroxylation is 1. The van der Waals surface area contributed by atoms with E-state index in [2.05, 4.69) is 47.8 Å². The van der Waals surface area contributed by atoms with Gasteiger partial charge < -0.3 is 20.9 Å². The molecule has 0 aromatic carbocycles. The molecule has 3 aromatic heterocycles. The van der Waals surface area contributed by atoms with Gasteiger partial charge in [0.15, 0.2) is 11.6 Å². The Balaban J connectivity index is 0.00000289. The van der Waals surface area contributed by atoms with Crippen LogP contribution in [0, 0.1) is 0 Å². The first-order valence-corrected chi connectivity index (χ1v) is 10.8. The molecule has 0 aliphatic carbocycles. The molecule has 1 aliphatic rings. The molecule has 0 radical (unpaired) electrons. The molecule has 172 valence electrons. The van der Waals surface area contributed by atoms with Crippen LogP contribution in [-0.4, -0.2) is 69.5 Å². The van der Waals surface area contributed by atoms with Gasteiger partial charge in [0, 0.05) is 45.5 Å². The molecule has 1 fully saturated rings. The molecule has 32 heavy (non-hydrogen) atoms. The molecule has 1 saturated heterocycles. The first kappa shape index (κ1) is 24.2. The summed E-state index contributed by atoms with van der Waals surface area (Å²) >= 11 is 6.30. The van der Waals surface area contributed by atoms with Crippen molar-refractivity contribution in [2.45, 2.75) is 19.4 Å². The lowest BCUT2D eigenvalue weighted by molar-refractivity contribution is 0.649. The van der Waals surface area contributed by atoms with Crippen molar-refractivity contribution in [1.82, 2.24) is 35.4 Å². The maximum atomic E-state index is 6.30. The third-order valence-corrected chi connectivity index (χ3v) is 5.41. The van der Waals surface area contributed by atoms with Crippen molar-refractivity contribution in [2.24, 2.45) is 12.0 Å². The van der Waals surface area contributed by atoms with E-state index >= 15 is 0 Å². The number of nitrogens with one attached hydrogen (secondary N) is 3. The average Bonchev–Trinajstić information content (AvgIpc) is 3.39. The van der Waals surface area contributed by atoms with Crippen molar-refractivity contribution in [1.29, 1.82) is 0 Å². The van der Waals surface area contributed by atoms with E-state index in [0.29, 0.717) is 18.1 Å². The van der Waals surface area contributed by atoms with Crippen molar-refractivity contribution in [3.05, 3.63) is 35.9 Å². The molecule has 10 nitrogen and oxygen atoms in total. The smallest absolute Gasteiger partial charge is 0.191 e. The highest BCUT2D eigenvalue weighted by Gasteiger charge is 2.25. The molecule has 1 unspecified atom stereocenters. The number of hydrogen-bond donors (Lipinski definition) is 3. The predicted octanol–water partition coefficient (Wildman–Crippen LogP) is 2.28. The number of anilines is 2. The van der Waals surface area contributed by atoms with Crippen molar-refractivity contribution in [2.75, 3.05) is 42.9 Å². The first-order chi connectivity index (χ1) is 15.2. The van der Waals surface area contributed by atoms with Crippen LogP contribution in [0.1, 0.15) is 13.3 Å². The normalized spacial score (nSPS) is 16.2. The second-order valence-corrected chi connectivity index (χ2v) is 7.71. The predicted molar refractivity (Wildman–Crippen MR) is 139 cm³/mol. The molecule has 0 amide bonds. The van der Waals surface area contributed by atoms with Gasteiger partial charge in [-0.15, -0.1) is 24.0 Å². The zero-order valence-electron chi connectivity index (χ0n) is 18.1. The SMILES string of the molecule is CCNC(=NCCNc1ncnc2c1cnn2C)NC1CCN(c2ncccc2Cl)C1.I. The van der Waals surface area contributed by atoms with Crippen LogP contribution in [0.4, 0.5) is 11.6 Å². The third-order valence-electron chi connectivity index (χ3n) is 5.12. The Morgan fingerprint density at radius 2 is 2.19 bits per heavy atom. The van der Waals surface area contributed by atoms with Crippen molar-refractivity contribution in [3.63, 3.8) is 0 Å². The number of aliphatic imine (C=N–C) groups is 1. The van der Waals surface area contributed by atoms with Crippen LogP contribution >= 0.6 is 35.6 Å². The van der Waals surface area contributed by atoms with Crippen LogP contribution in [0.3, 0.4) is 0 Å². The van der Waals surface area contributed by atoms with Gasteiger partial charge in [0.2, 0.25) is 0 Å². The van der Waals surface area contributed by atoms with E-state index < -0.39 is 0 Å². The number of aromatic nitrogens is 5. The van der Waals surface area contributed by atoms with Crippen LogP contribution in [0.15, 0.2) is 35.8 Å². The maximum absolute atomic E-state index is 6.30. The largest absolute Gasteiger partial charge is 0.367 e. The number of guanidine groups is 1. The minimum atomic E-state index is 0. The topological polar surface area (TPSA) is 108 Å². The van der Waals surface area contributed by atoms with Gasteiger partial charge in [0.25, 0.3) is 0 Å². The second kappa shape index (κ2) is 11.5. The summed E-state index contributed by atoms with van der Waals surface area (Å²) in [4.78, 5) is 19.9. The van der Waals surface area contributed by atoms with Gasteiger partial charge in [0.1, 0.15) is 18.0 Å². The lowest BCUT2D eigenvalue weighted by atomic mass is 10.3. The van der Waals surface area contributed by atoms with Gasteiger partial charge >= 0.3 is 0 Å². The molecule has 0 spiro atoms. The fourth-order valence-corrected chi connectivity index (χ4v) is 3.88. The quantitative estimate of drug-likeness (QED) is 0.172. The van der Waals surface area contributed by atoms with Gasteiger partial charge in [-0.3, -0.25) is 9.67 Å². The Labute approximate surface area is 209 Å². The van der Waals surface area contributed by atoms with Gasteiger partial charge in [-0.05, 0) is 25.5 Å². The Morgan fingerprint density at radius 3 is 3.00 bits per heavy atom. The summed E-state index contributed by atoms with van der Waals surface area (Å²) in [6.45, 7) is 5.85. The number of nitrogens with zero attached hydrogens (tertiary/aromatic N) is 7. The molecule has 1 atom stereocenters. The highest BCUT2D eigenvalue weighted by molar-refractivity contribution is 14.0. The molecule has 4 rings (SSSR count). The van der Waals surface area contributed by atoms with E-state index in [-0.39, 0.29) is 30.0 Å². The molecule has 3 aromatic rings. The summed E-state index contributed by atoms with van der Waals surface area (Å²) in [7, 11) is 1.86. The monoisotopic (exact) mass is 570 g/mol. The summed E-state index contributed by atoms with van der Waals surface area (Å²) in [5, 5.41) is 16.0. The molecule has 0 bridgehead atoms. The van der Waals surface area contributed by atoms with Gasteiger partial charge in [-0.1, -0.05) is 11.6 Å².